The molecule has 2 N–H and O–H groups in total. The zero-order chi connectivity index (χ0) is 29.8. The van der Waals surface area contributed by atoms with Crippen LogP contribution in [0.15, 0.2) is 24.3 Å². The molecule has 0 bridgehead atoms. The normalized spacial score (nSPS) is 23.0. The number of likely N-dealkylation sites (tertiary alicyclic amines) is 2. The molecule has 41 heavy (non-hydrogen) atoms. The molecule has 2 saturated heterocycles. The summed E-state index contributed by atoms with van der Waals surface area (Å²) in [5.41, 5.74) is 0.485. The molecule has 0 aromatic heterocycles. The van der Waals surface area contributed by atoms with E-state index in [9.17, 15) is 38.7 Å². The number of likely N-dealkylation sites (N-methyl/N-ethyl adjacent to an activating group) is 1. The Morgan fingerprint density at radius 2 is 1.61 bits per heavy atom. The first kappa shape index (κ1) is 29.8. The number of amides is 5. The summed E-state index contributed by atoms with van der Waals surface area (Å²) in [5, 5.41) is 13.6. The number of imide groups is 2. The third-order valence-corrected chi connectivity index (χ3v) is 7.40. The molecular weight excluding hydrogens is 540 g/mol. The van der Waals surface area contributed by atoms with E-state index in [1.807, 2.05) is 0 Å². The van der Waals surface area contributed by atoms with E-state index in [1.165, 1.54) is 6.07 Å². The molecule has 1 aromatic carbocycles. The van der Waals surface area contributed by atoms with Gasteiger partial charge >= 0.3 is 11.9 Å². The van der Waals surface area contributed by atoms with Crippen LogP contribution < -0.4 is 5.32 Å². The Hall–Kier alpha value is -4.17. The lowest BCUT2D eigenvalue weighted by Crippen LogP contribution is -2.45. The Balaban J connectivity index is 1.37. The molecule has 3 aliphatic rings. The van der Waals surface area contributed by atoms with Gasteiger partial charge in [-0.15, -0.1) is 0 Å². The van der Waals surface area contributed by atoms with E-state index in [2.05, 4.69) is 5.32 Å². The van der Waals surface area contributed by atoms with Gasteiger partial charge in [0.15, 0.2) is 6.23 Å². The first-order chi connectivity index (χ1) is 19.5. The Kier molecular flexibility index (Phi) is 9.13. The molecule has 3 heterocycles. The highest BCUT2D eigenvalue weighted by Crippen LogP contribution is 2.34. The van der Waals surface area contributed by atoms with E-state index in [-0.39, 0.29) is 69.4 Å². The van der Waals surface area contributed by atoms with Gasteiger partial charge in [0, 0.05) is 29.9 Å². The summed E-state index contributed by atoms with van der Waals surface area (Å²) in [4.78, 5) is 90.1. The van der Waals surface area contributed by atoms with E-state index in [0.717, 1.165) is 14.7 Å². The molecule has 5 amide bonds. The minimum absolute atomic E-state index is 0.0140. The summed E-state index contributed by atoms with van der Waals surface area (Å²) in [6.07, 6.45) is -2.00. The summed E-state index contributed by atoms with van der Waals surface area (Å²) in [6, 6.07) is 4.23. The number of aliphatic hydroxyl groups excluding tert-OH is 1. The van der Waals surface area contributed by atoms with Crippen molar-refractivity contribution in [3.63, 3.8) is 0 Å². The molecule has 4 rings (SSSR count). The fourth-order valence-electron chi connectivity index (χ4n) is 5.14. The second kappa shape index (κ2) is 12.6. The van der Waals surface area contributed by atoms with E-state index in [1.54, 1.807) is 32.2 Å². The van der Waals surface area contributed by atoms with E-state index in [0.29, 0.717) is 5.56 Å². The van der Waals surface area contributed by atoms with Gasteiger partial charge in [0.1, 0.15) is 19.3 Å². The Morgan fingerprint density at radius 3 is 2.22 bits per heavy atom. The van der Waals surface area contributed by atoms with Gasteiger partial charge in [-0.3, -0.25) is 43.5 Å². The third-order valence-electron chi connectivity index (χ3n) is 7.40. The number of carbonyl (C=O) groups excluding carboxylic acids is 7. The van der Waals surface area contributed by atoms with Crippen LogP contribution in [0.4, 0.5) is 0 Å². The highest BCUT2D eigenvalue weighted by atomic mass is 16.5. The fraction of sp³-hybridized carbons (Fsp3) is 0.519. The zero-order valence-electron chi connectivity index (χ0n) is 22.7. The molecule has 1 aromatic rings. The molecule has 0 radical (unpaired) electrons. The van der Waals surface area contributed by atoms with Crippen molar-refractivity contribution < 1.29 is 48.1 Å². The highest BCUT2D eigenvalue weighted by Gasteiger charge is 2.44. The number of esters is 2. The fourth-order valence-corrected chi connectivity index (χ4v) is 5.14. The minimum Gasteiger partial charge on any atom is -0.464 e. The average Bonchev–Trinajstić information content (AvgIpc) is 3.47. The van der Waals surface area contributed by atoms with Crippen molar-refractivity contribution in [1.29, 1.82) is 0 Å². The summed E-state index contributed by atoms with van der Waals surface area (Å²) < 4.78 is 10.5. The molecule has 4 atom stereocenters. The topological polar surface area (TPSA) is 180 Å². The number of hydrogen-bond donors (Lipinski definition) is 2. The predicted molar refractivity (Wildman–Crippen MR) is 137 cm³/mol. The van der Waals surface area contributed by atoms with Crippen LogP contribution in [0.2, 0.25) is 0 Å². The Morgan fingerprint density at radius 1 is 0.976 bits per heavy atom. The summed E-state index contributed by atoms with van der Waals surface area (Å²) in [7, 11) is 1.55. The van der Waals surface area contributed by atoms with Crippen LogP contribution in [0.5, 0.6) is 0 Å². The number of nitrogens with one attached hydrogen (secondary N) is 1. The maximum atomic E-state index is 13.2. The Labute approximate surface area is 235 Å². The Bertz CT molecular complexity index is 1270. The number of carbonyl (C=O) groups is 7. The first-order valence-electron chi connectivity index (χ1n) is 13.3. The molecule has 4 unspecified atom stereocenters. The van der Waals surface area contributed by atoms with Crippen molar-refractivity contribution in [3.8, 4) is 0 Å². The van der Waals surface area contributed by atoms with Crippen LogP contribution in [0.3, 0.4) is 0 Å². The van der Waals surface area contributed by atoms with Crippen molar-refractivity contribution in [2.24, 2.45) is 5.92 Å². The second-order valence-electron chi connectivity index (χ2n) is 10.0. The number of nitrogens with zero attached hydrogens (tertiary/aromatic N) is 3. The molecule has 14 heteroatoms. The number of hydrogen-bond acceptors (Lipinski definition) is 11. The average molecular weight is 573 g/mol. The minimum atomic E-state index is -1.47. The molecule has 0 saturated carbocycles. The second-order valence-corrected chi connectivity index (χ2v) is 10.0. The molecular formula is C27H32N4O10. The van der Waals surface area contributed by atoms with E-state index >= 15 is 0 Å². The largest absolute Gasteiger partial charge is 0.464 e. The van der Waals surface area contributed by atoms with Gasteiger partial charge in [0.05, 0.1) is 25.6 Å². The van der Waals surface area contributed by atoms with Gasteiger partial charge in [-0.05, 0) is 19.5 Å². The molecule has 0 aliphatic carbocycles. The van der Waals surface area contributed by atoms with Crippen LogP contribution >= 0.6 is 0 Å². The molecule has 3 aliphatic heterocycles. The van der Waals surface area contributed by atoms with Crippen molar-refractivity contribution in [2.45, 2.75) is 50.9 Å². The van der Waals surface area contributed by atoms with Gasteiger partial charge < -0.3 is 19.9 Å². The number of fused-ring (bicyclic) bond motifs is 1. The van der Waals surface area contributed by atoms with Gasteiger partial charge in [0.25, 0.3) is 5.91 Å². The summed E-state index contributed by atoms with van der Waals surface area (Å²) in [5.74, 6) is -4.30. The number of rotatable bonds is 12. The predicted octanol–water partition coefficient (Wildman–Crippen LogP) is -0.890. The number of ether oxygens (including phenoxy) is 2. The van der Waals surface area contributed by atoms with Crippen LogP contribution in [0.1, 0.15) is 54.8 Å². The summed E-state index contributed by atoms with van der Waals surface area (Å²) in [6.45, 7) is 0.757. The molecule has 2 fully saturated rings. The van der Waals surface area contributed by atoms with Crippen molar-refractivity contribution in [1.82, 2.24) is 20.0 Å². The highest BCUT2D eigenvalue weighted by molar-refractivity contribution is 6.05. The first-order valence-corrected chi connectivity index (χ1v) is 13.3. The number of aliphatic hydroxyl groups is 1. The lowest BCUT2D eigenvalue weighted by atomic mass is 10.1. The zero-order valence-corrected chi connectivity index (χ0v) is 22.7. The van der Waals surface area contributed by atoms with Crippen LogP contribution in [-0.2, 0) is 38.2 Å². The standard InChI is InChI=1S/C27H32N4O10/c1-15-13-20(32)29(23(15)35)9-11-40-22(34)8-7-19(31-24(36)16-5-3-4-6-17(16)25(31)37)27(39)41-12-10-30-21(33)14-18(28-2)26(30)38/h3-6,15,18-19,24,28,36H,7-14H2,1-2H3. The maximum absolute atomic E-state index is 13.2. The van der Waals surface area contributed by atoms with Crippen molar-refractivity contribution in [2.75, 3.05) is 33.4 Å². The van der Waals surface area contributed by atoms with Gasteiger partial charge in [-0.25, -0.2) is 4.79 Å². The lowest BCUT2D eigenvalue weighted by Gasteiger charge is -2.29. The van der Waals surface area contributed by atoms with Crippen LogP contribution in [-0.4, -0.2) is 107 Å². The van der Waals surface area contributed by atoms with Gasteiger partial charge in [-0.1, -0.05) is 25.1 Å². The van der Waals surface area contributed by atoms with Crippen LogP contribution in [0, 0.1) is 5.92 Å². The third kappa shape index (κ3) is 6.12. The van der Waals surface area contributed by atoms with Crippen molar-refractivity contribution in [3.05, 3.63) is 35.4 Å². The molecule has 220 valence electrons. The lowest BCUT2D eigenvalue weighted by molar-refractivity contribution is -0.156. The number of benzene rings is 1. The van der Waals surface area contributed by atoms with E-state index < -0.39 is 53.9 Å². The molecule has 14 nitrogen and oxygen atoms in total. The van der Waals surface area contributed by atoms with Crippen molar-refractivity contribution >= 4 is 41.5 Å². The SMILES string of the molecule is CNC1CC(=O)N(CCOC(=O)C(CCC(=O)OCCN2C(=O)CC(C)C2=O)N2C(=O)c3ccccc3C2O)C1=O. The smallest absolute Gasteiger partial charge is 0.329 e. The van der Waals surface area contributed by atoms with Gasteiger partial charge in [-0.2, -0.15) is 0 Å². The maximum Gasteiger partial charge on any atom is 0.329 e. The van der Waals surface area contributed by atoms with Gasteiger partial charge in [0.2, 0.25) is 23.6 Å². The summed E-state index contributed by atoms with van der Waals surface area (Å²) >= 11 is 0. The molecule has 0 spiro atoms. The van der Waals surface area contributed by atoms with Crippen LogP contribution in [0.25, 0.3) is 0 Å². The quantitative estimate of drug-likeness (QED) is 0.234. The monoisotopic (exact) mass is 572 g/mol. The van der Waals surface area contributed by atoms with E-state index in [4.69, 9.17) is 9.47 Å².